The molecule has 0 radical (unpaired) electrons. The first-order valence-corrected chi connectivity index (χ1v) is 6.12. The van der Waals surface area contributed by atoms with Gasteiger partial charge in [0, 0.05) is 17.3 Å². The molecule has 2 rings (SSSR count). The van der Waals surface area contributed by atoms with Gasteiger partial charge in [0.05, 0.1) is 0 Å². The topological polar surface area (TPSA) is 45.8 Å². The number of nitrogens with one attached hydrogen (secondary N) is 1. The fourth-order valence-corrected chi connectivity index (χ4v) is 1.86. The van der Waals surface area contributed by atoms with Gasteiger partial charge < -0.3 is 4.98 Å². The van der Waals surface area contributed by atoms with Crippen molar-refractivity contribution in [3.8, 4) is 11.4 Å². The lowest BCUT2D eigenvalue weighted by atomic mass is 10.1. The summed E-state index contributed by atoms with van der Waals surface area (Å²) in [4.78, 5) is 18.1. The number of benzene rings is 1. The van der Waals surface area contributed by atoms with Gasteiger partial charge in [0.25, 0.3) is 5.56 Å². The van der Waals surface area contributed by atoms with Gasteiger partial charge in [-0.3, -0.25) is 4.79 Å². The second kappa shape index (κ2) is 5.48. The van der Waals surface area contributed by atoms with Crippen molar-refractivity contribution in [2.24, 2.45) is 5.92 Å². The molecule has 0 fully saturated rings. The highest BCUT2D eigenvalue weighted by atomic mass is 19.2. The Bertz CT molecular complexity index is 672. The Morgan fingerprint density at radius 3 is 2.30 bits per heavy atom. The van der Waals surface area contributed by atoms with Crippen molar-refractivity contribution in [2.75, 3.05) is 0 Å². The second-order valence-electron chi connectivity index (χ2n) is 4.94. The van der Waals surface area contributed by atoms with Crippen molar-refractivity contribution in [3.05, 3.63) is 51.7 Å². The first-order valence-electron chi connectivity index (χ1n) is 6.12. The van der Waals surface area contributed by atoms with Crippen LogP contribution in [-0.2, 0) is 6.42 Å². The van der Waals surface area contributed by atoms with E-state index in [2.05, 4.69) is 9.97 Å². The molecule has 2 aromatic rings. The molecule has 0 unspecified atom stereocenters. The van der Waals surface area contributed by atoms with Crippen LogP contribution in [0.2, 0.25) is 0 Å². The normalized spacial score (nSPS) is 11.1. The second-order valence-corrected chi connectivity index (χ2v) is 4.94. The predicted octanol–water partition coefficient (Wildman–Crippen LogP) is 3.05. The highest BCUT2D eigenvalue weighted by Crippen LogP contribution is 2.20. The van der Waals surface area contributed by atoms with Gasteiger partial charge in [-0.2, -0.15) is 0 Å². The molecule has 0 bridgehead atoms. The number of rotatable bonds is 3. The van der Waals surface area contributed by atoms with Gasteiger partial charge in [-0.15, -0.1) is 0 Å². The van der Waals surface area contributed by atoms with E-state index in [9.17, 15) is 18.0 Å². The fraction of sp³-hybridized carbons (Fsp3) is 0.286. The lowest BCUT2D eigenvalue weighted by molar-refractivity contribution is 0.447. The first kappa shape index (κ1) is 14.3. The minimum absolute atomic E-state index is 0.0101. The number of aromatic nitrogens is 2. The minimum Gasteiger partial charge on any atom is -0.307 e. The van der Waals surface area contributed by atoms with E-state index in [1.807, 2.05) is 13.8 Å². The van der Waals surface area contributed by atoms with Gasteiger partial charge in [-0.05, 0) is 24.5 Å². The third-order valence-corrected chi connectivity index (χ3v) is 2.67. The number of aromatic amines is 1. The molecule has 0 aliphatic carbocycles. The van der Waals surface area contributed by atoms with Crippen molar-refractivity contribution in [1.82, 2.24) is 9.97 Å². The summed E-state index contributed by atoms with van der Waals surface area (Å²) < 4.78 is 39.3. The third-order valence-electron chi connectivity index (χ3n) is 2.67. The average Bonchev–Trinajstić information content (AvgIpc) is 2.33. The fourth-order valence-electron chi connectivity index (χ4n) is 1.86. The SMILES string of the molecule is CC(C)Cc1cc(=O)[nH]c(-c2cc(F)c(F)c(F)c2)n1. The summed E-state index contributed by atoms with van der Waals surface area (Å²) in [5, 5.41) is 0. The molecule has 0 spiro atoms. The van der Waals surface area contributed by atoms with Crippen LogP contribution in [0.15, 0.2) is 23.0 Å². The van der Waals surface area contributed by atoms with Crippen LogP contribution in [0.3, 0.4) is 0 Å². The van der Waals surface area contributed by atoms with Crippen LogP contribution in [0.5, 0.6) is 0 Å². The predicted molar refractivity (Wildman–Crippen MR) is 68.7 cm³/mol. The van der Waals surface area contributed by atoms with Crippen LogP contribution in [0.1, 0.15) is 19.5 Å². The van der Waals surface area contributed by atoms with E-state index in [0.29, 0.717) is 12.1 Å². The molecule has 0 amide bonds. The number of hydrogen-bond donors (Lipinski definition) is 1. The summed E-state index contributed by atoms with van der Waals surface area (Å²) in [5.74, 6) is -3.90. The molecule has 0 saturated heterocycles. The Morgan fingerprint density at radius 1 is 1.15 bits per heavy atom. The van der Waals surface area contributed by atoms with Crippen LogP contribution in [-0.4, -0.2) is 9.97 Å². The maximum atomic E-state index is 13.2. The summed E-state index contributed by atoms with van der Waals surface area (Å²) in [6, 6.07) is 2.94. The van der Waals surface area contributed by atoms with Crippen LogP contribution >= 0.6 is 0 Å². The van der Waals surface area contributed by atoms with Gasteiger partial charge >= 0.3 is 0 Å². The quantitative estimate of drug-likeness (QED) is 0.879. The van der Waals surface area contributed by atoms with Crippen molar-refractivity contribution in [2.45, 2.75) is 20.3 Å². The lowest BCUT2D eigenvalue weighted by Gasteiger charge is -2.07. The Balaban J connectivity index is 2.52. The summed E-state index contributed by atoms with van der Waals surface area (Å²) in [6.07, 6.45) is 0.559. The summed E-state index contributed by atoms with van der Waals surface area (Å²) >= 11 is 0. The zero-order valence-electron chi connectivity index (χ0n) is 11.0. The largest absolute Gasteiger partial charge is 0.307 e. The molecular formula is C14H13F3N2O. The molecule has 1 heterocycles. The van der Waals surface area contributed by atoms with Crippen molar-refractivity contribution in [1.29, 1.82) is 0 Å². The van der Waals surface area contributed by atoms with E-state index in [0.717, 1.165) is 12.1 Å². The van der Waals surface area contributed by atoms with Gasteiger partial charge in [-0.1, -0.05) is 13.8 Å². The standard InChI is InChI=1S/C14H13F3N2O/c1-7(2)3-9-6-12(20)19-14(18-9)8-4-10(15)13(17)11(16)5-8/h4-7H,3H2,1-2H3,(H,18,19,20). The van der Waals surface area contributed by atoms with Gasteiger partial charge in [0.1, 0.15) is 5.82 Å². The third kappa shape index (κ3) is 3.07. The van der Waals surface area contributed by atoms with Gasteiger partial charge in [0.2, 0.25) is 0 Å². The molecule has 1 aromatic carbocycles. The van der Waals surface area contributed by atoms with E-state index in [4.69, 9.17) is 0 Å². The monoisotopic (exact) mass is 282 g/mol. The van der Waals surface area contributed by atoms with E-state index in [-0.39, 0.29) is 17.3 Å². The number of H-pyrrole nitrogens is 1. The van der Waals surface area contributed by atoms with E-state index >= 15 is 0 Å². The van der Waals surface area contributed by atoms with Crippen molar-refractivity contribution >= 4 is 0 Å². The van der Waals surface area contributed by atoms with Gasteiger partial charge in [-0.25, -0.2) is 18.2 Å². The van der Waals surface area contributed by atoms with Crippen molar-refractivity contribution < 1.29 is 13.2 Å². The number of halogens is 3. The Morgan fingerprint density at radius 2 is 1.75 bits per heavy atom. The molecule has 20 heavy (non-hydrogen) atoms. The molecule has 0 atom stereocenters. The molecule has 6 heteroatoms. The molecular weight excluding hydrogens is 269 g/mol. The summed E-state index contributed by atoms with van der Waals surface area (Å²) in [7, 11) is 0. The van der Waals surface area contributed by atoms with Crippen LogP contribution in [0.25, 0.3) is 11.4 Å². The Kier molecular flexibility index (Phi) is 3.92. The van der Waals surface area contributed by atoms with Gasteiger partial charge in [0.15, 0.2) is 17.5 Å². The highest BCUT2D eigenvalue weighted by Gasteiger charge is 2.13. The molecule has 106 valence electrons. The van der Waals surface area contributed by atoms with E-state index in [1.165, 1.54) is 6.07 Å². The van der Waals surface area contributed by atoms with Crippen LogP contribution in [0, 0.1) is 23.4 Å². The molecule has 1 aromatic heterocycles. The Labute approximate surface area is 113 Å². The molecule has 0 aliphatic rings. The summed E-state index contributed by atoms with van der Waals surface area (Å²) in [5.41, 5.74) is 0.0868. The average molecular weight is 282 g/mol. The molecule has 1 N–H and O–H groups in total. The smallest absolute Gasteiger partial charge is 0.251 e. The zero-order valence-corrected chi connectivity index (χ0v) is 11.0. The number of hydrogen-bond acceptors (Lipinski definition) is 2. The maximum Gasteiger partial charge on any atom is 0.251 e. The molecule has 3 nitrogen and oxygen atoms in total. The van der Waals surface area contributed by atoms with E-state index < -0.39 is 23.0 Å². The molecule has 0 aliphatic heterocycles. The van der Waals surface area contributed by atoms with E-state index in [1.54, 1.807) is 0 Å². The van der Waals surface area contributed by atoms with Crippen LogP contribution in [0.4, 0.5) is 13.2 Å². The van der Waals surface area contributed by atoms with Crippen LogP contribution < -0.4 is 5.56 Å². The zero-order chi connectivity index (χ0) is 14.9. The lowest BCUT2D eigenvalue weighted by Crippen LogP contribution is -2.12. The molecule has 0 saturated carbocycles. The number of nitrogens with zero attached hydrogens (tertiary/aromatic N) is 1. The first-order chi connectivity index (χ1) is 9.36. The van der Waals surface area contributed by atoms with Crippen molar-refractivity contribution in [3.63, 3.8) is 0 Å². The highest BCUT2D eigenvalue weighted by molar-refractivity contribution is 5.55. The minimum atomic E-state index is -1.55. The summed E-state index contributed by atoms with van der Waals surface area (Å²) in [6.45, 7) is 3.92. The maximum absolute atomic E-state index is 13.2. The Hall–Kier alpha value is -2.11.